The summed E-state index contributed by atoms with van der Waals surface area (Å²) < 4.78 is 2.00. The maximum absolute atomic E-state index is 4.95. The van der Waals surface area contributed by atoms with Gasteiger partial charge >= 0.3 is 0 Å². The minimum Gasteiger partial charge on any atom is -0.324 e. The summed E-state index contributed by atoms with van der Waals surface area (Å²) >= 11 is 1.76. The summed E-state index contributed by atoms with van der Waals surface area (Å²) in [7, 11) is 4.17. The number of thioether (sulfide) groups is 1. The smallest absolute Gasteiger partial charge is 0.227 e. The quantitative estimate of drug-likeness (QED) is 0.396. The van der Waals surface area contributed by atoms with Crippen LogP contribution in [0.4, 0.5) is 11.6 Å². The first-order chi connectivity index (χ1) is 15.1. The molecule has 0 unspecified atom stereocenters. The molecular formula is C24H26N6S. The second-order valence-electron chi connectivity index (χ2n) is 7.42. The van der Waals surface area contributed by atoms with E-state index in [2.05, 4.69) is 48.4 Å². The van der Waals surface area contributed by atoms with E-state index >= 15 is 0 Å². The second-order valence-corrected chi connectivity index (χ2v) is 8.50. The van der Waals surface area contributed by atoms with Crippen LogP contribution in [0.5, 0.6) is 0 Å². The molecule has 4 rings (SSSR count). The summed E-state index contributed by atoms with van der Waals surface area (Å²) in [6, 6.07) is 22.1. The van der Waals surface area contributed by atoms with Crippen molar-refractivity contribution in [1.29, 1.82) is 0 Å². The number of nitrogens with zero attached hydrogens (tertiary/aromatic N) is 5. The number of hydrogen-bond acceptors (Lipinski definition) is 6. The fourth-order valence-corrected chi connectivity index (χ4v) is 4.41. The molecule has 0 radical (unpaired) electrons. The highest BCUT2D eigenvalue weighted by Crippen LogP contribution is 2.34. The van der Waals surface area contributed by atoms with Gasteiger partial charge in [0.2, 0.25) is 5.95 Å². The highest BCUT2D eigenvalue weighted by molar-refractivity contribution is 7.99. The van der Waals surface area contributed by atoms with Gasteiger partial charge in [-0.1, -0.05) is 36.4 Å². The third-order valence-electron chi connectivity index (χ3n) is 4.80. The van der Waals surface area contributed by atoms with Crippen LogP contribution in [-0.4, -0.2) is 51.0 Å². The van der Waals surface area contributed by atoms with E-state index < -0.39 is 0 Å². The fourth-order valence-electron chi connectivity index (χ4n) is 3.23. The first-order valence-corrected chi connectivity index (χ1v) is 11.2. The molecule has 0 aliphatic rings. The van der Waals surface area contributed by atoms with Crippen molar-refractivity contribution in [3.05, 3.63) is 78.6 Å². The molecule has 1 N–H and O–H groups in total. The zero-order valence-corrected chi connectivity index (χ0v) is 18.8. The van der Waals surface area contributed by atoms with Crippen LogP contribution >= 0.6 is 11.8 Å². The lowest BCUT2D eigenvalue weighted by Crippen LogP contribution is -2.14. The lowest BCUT2D eigenvalue weighted by Gasteiger charge is -2.09. The predicted molar refractivity (Wildman–Crippen MR) is 128 cm³/mol. The number of benzene rings is 2. The van der Waals surface area contributed by atoms with E-state index in [9.17, 15) is 0 Å². The zero-order valence-electron chi connectivity index (χ0n) is 18.0. The topological polar surface area (TPSA) is 58.9 Å². The monoisotopic (exact) mass is 430 g/mol. The van der Waals surface area contributed by atoms with E-state index in [1.165, 1.54) is 0 Å². The van der Waals surface area contributed by atoms with Crippen LogP contribution in [-0.2, 0) is 0 Å². The molecule has 0 atom stereocenters. The molecule has 0 spiro atoms. The Morgan fingerprint density at radius 2 is 1.68 bits per heavy atom. The molecule has 0 amide bonds. The number of aromatic nitrogens is 4. The Balaban J connectivity index is 1.72. The summed E-state index contributed by atoms with van der Waals surface area (Å²) in [5.74, 6) is 1.52. The van der Waals surface area contributed by atoms with Gasteiger partial charge in [-0.15, -0.1) is 11.8 Å². The van der Waals surface area contributed by atoms with Gasteiger partial charge in [-0.05, 0) is 51.4 Å². The molecule has 4 aromatic rings. The maximum Gasteiger partial charge on any atom is 0.227 e. The van der Waals surface area contributed by atoms with E-state index in [-0.39, 0.29) is 0 Å². The molecule has 0 fully saturated rings. The molecule has 0 bridgehead atoms. The normalized spacial score (nSPS) is 11.1. The molecule has 31 heavy (non-hydrogen) atoms. The maximum atomic E-state index is 4.95. The highest BCUT2D eigenvalue weighted by Gasteiger charge is 2.19. The SMILES string of the molecule is Cc1c(-c2ccnc(Nc3ccccc3)n2)c(SCCN(C)C)nn1-c1ccccc1. The van der Waals surface area contributed by atoms with Crippen LogP contribution in [0.25, 0.3) is 16.9 Å². The zero-order chi connectivity index (χ0) is 21.6. The van der Waals surface area contributed by atoms with Gasteiger partial charge in [0.15, 0.2) is 0 Å². The largest absolute Gasteiger partial charge is 0.324 e. The molecule has 2 aromatic heterocycles. The first-order valence-electron chi connectivity index (χ1n) is 10.2. The molecule has 7 heteroatoms. The molecule has 2 heterocycles. The lowest BCUT2D eigenvalue weighted by molar-refractivity contribution is 0.437. The Hall–Kier alpha value is -3.16. The summed E-state index contributed by atoms with van der Waals surface area (Å²) in [5, 5.41) is 9.21. The molecule has 2 aromatic carbocycles. The number of para-hydroxylation sites is 2. The minimum atomic E-state index is 0.569. The number of hydrogen-bond donors (Lipinski definition) is 1. The van der Waals surface area contributed by atoms with Crippen molar-refractivity contribution in [3.63, 3.8) is 0 Å². The third kappa shape index (κ3) is 5.13. The predicted octanol–water partition coefficient (Wildman–Crippen LogP) is 5.04. The van der Waals surface area contributed by atoms with Gasteiger partial charge in [-0.2, -0.15) is 5.10 Å². The van der Waals surface area contributed by atoms with Crippen LogP contribution in [0.2, 0.25) is 0 Å². The van der Waals surface area contributed by atoms with Gasteiger partial charge in [-0.3, -0.25) is 0 Å². The second kappa shape index (κ2) is 9.76. The van der Waals surface area contributed by atoms with Crippen LogP contribution in [0.3, 0.4) is 0 Å². The number of rotatable bonds is 8. The van der Waals surface area contributed by atoms with Crippen molar-refractivity contribution in [3.8, 4) is 16.9 Å². The van der Waals surface area contributed by atoms with E-state index in [0.717, 1.165) is 45.6 Å². The van der Waals surface area contributed by atoms with E-state index in [4.69, 9.17) is 10.1 Å². The van der Waals surface area contributed by atoms with Crippen LogP contribution < -0.4 is 5.32 Å². The fraction of sp³-hybridized carbons (Fsp3) is 0.208. The van der Waals surface area contributed by atoms with Crippen molar-refractivity contribution >= 4 is 23.4 Å². The Morgan fingerprint density at radius 1 is 0.968 bits per heavy atom. The average Bonchev–Trinajstić information content (AvgIpc) is 3.11. The Labute approximate surface area is 187 Å². The van der Waals surface area contributed by atoms with Crippen molar-refractivity contribution in [1.82, 2.24) is 24.6 Å². The minimum absolute atomic E-state index is 0.569. The van der Waals surface area contributed by atoms with E-state index in [1.807, 2.05) is 59.3 Å². The van der Waals surface area contributed by atoms with Gasteiger partial charge in [0.05, 0.1) is 22.6 Å². The molecule has 6 nitrogen and oxygen atoms in total. The van der Waals surface area contributed by atoms with E-state index in [0.29, 0.717) is 5.95 Å². The third-order valence-corrected chi connectivity index (χ3v) is 5.75. The molecule has 158 valence electrons. The Bertz CT molecular complexity index is 1130. The van der Waals surface area contributed by atoms with Crippen LogP contribution in [0.15, 0.2) is 78.0 Å². The lowest BCUT2D eigenvalue weighted by atomic mass is 10.2. The summed E-state index contributed by atoms with van der Waals surface area (Å²) in [5.41, 5.74) is 4.96. The van der Waals surface area contributed by atoms with Crippen LogP contribution in [0.1, 0.15) is 5.69 Å². The average molecular weight is 431 g/mol. The number of anilines is 2. The molecule has 0 saturated carbocycles. The van der Waals surface area contributed by atoms with Gasteiger partial charge in [0.25, 0.3) is 0 Å². The van der Waals surface area contributed by atoms with Crippen molar-refractivity contribution in [2.75, 3.05) is 31.7 Å². The van der Waals surface area contributed by atoms with Gasteiger partial charge in [0, 0.05) is 24.2 Å². The molecule has 0 aliphatic carbocycles. The molecular weight excluding hydrogens is 404 g/mol. The highest BCUT2D eigenvalue weighted by atomic mass is 32.2. The van der Waals surface area contributed by atoms with Gasteiger partial charge in [0.1, 0.15) is 5.03 Å². The van der Waals surface area contributed by atoms with Crippen molar-refractivity contribution in [2.45, 2.75) is 11.9 Å². The standard InChI is InChI=1S/C24H26N6S/c1-18-22(21-14-15-25-24(27-21)26-19-10-6-4-7-11-19)23(31-17-16-29(2)3)28-30(18)20-12-8-5-9-13-20/h4-15H,16-17H2,1-3H3,(H,25,26,27). The summed E-state index contributed by atoms with van der Waals surface area (Å²) in [4.78, 5) is 11.4. The Morgan fingerprint density at radius 3 is 2.39 bits per heavy atom. The van der Waals surface area contributed by atoms with Crippen molar-refractivity contribution in [2.24, 2.45) is 0 Å². The number of nitrogens with one attached hydrogen (secondary N) is 1. The van der Waals surface area contributed by atoms with Gasteiger partial charge in [-0.25, -0.2) is 14.6 Å². The van der Waals surface area contributed by atoms with Gasteiger partial charge < -0.3 is 10.2 Å². The summed E-state index contributed by atoms with van der Waals surface area (Å²) in [6.45, 7) is 3.07. The van der Waals surface area contributed by atoms with Crippen molar-refractivity contribution < 1.29 is 0 Å². The van der Waals surface area contributed by atoms with Crippen LogP contribution in [0, 0.1) is 6.92 Å². The first kappa shape index (κ1) is 21.1. The Kier molecular flexibility index (Phi) is 6.64. The molecule has 0 saturated heterocycles. The molecule has 0 aliphatic heterocycles. The van der Waals surface area contributed by atoms with E-state index in [1.54, 1.807) is 18.0 Å². The summed E-state index contributed by atoms with van der Waals surface area (Å²) in [6.07, 6.45) is 1.79.